The maximum Gasteiger partial charge on any atom is 0.409 e. The molecule has 0 bridgehead atoms. The second-order valence-electron chi connectivity index (χ2n) is 12.8. The summed E-state index contributed by atoms with van der Waals surface area (Å²) in [5.74, 6) is 1.62. The molecule has 3 fully saturated rings. The Morgan fingerprint density at radius 3 is 2.28 bits per heavy atom. The van der Waals surface area contributed by atoms with Crippen molar-refractivity contribution < 1.29 is 28.7 Å². The number of benzene rings is 1. The van der Waals surface area contributed by atoms with Crippen molar-refractivity contribution in [2.45, 2.75) is 52.5 Å². The predicted octanol–water partition coefficient (Wildman–Crippen LogP) is 3.61. The van der Waals surface area contributed by atoms with Gasteiger partial charge in [0.25, 0.3) is 5.91 Å². The number of amides is 3. The van der Waals surface area contributed by atoms with Crippen LogP contribution in [0, 0.1) is 23.7 Å². The molecular formula is C34H46N6O6. The van der Waals surface area contributed by atoms with Crippen LogP contribution in [0.4, 0.5) is 10.6 Å². The third-order valence-corrected chi connectivity index (χ3v) is 9.37. The second kappa shape index (κ2) is 14.9. The van der Waals surface area contributed by atoms with Gasteiger partial charge >= 0.3 is 12.1 Å². The van der Waals surface area contributed by atoms with E-state index in [2.05, 4.69) is 15.2 Å². The summed E-state index contributed by atoms with van der Waals surface area (Å²) in [6.07, 6.45) is 2.67. The van der Waals surface area contributed by atoms with E-state index in [1.165, 1.54) is 7.11 Å². The number of esters is 1. The van der Waals surface area contributed by atoms with Gasteiger partial charge in [0.2, 0.25) is 5.91 Å². The van der Waals surface area contributed by atoms with Gasteiger partial charge in [0.05, 0.1) is 13.7 Å². The van der Waals surface area contributed by atoms with Gasteiger partial charge in [-0.25, -0.2) is 14.8 Å². The molecule has 12 nitrogen and oxygen atoms in total. The smallest absolute Gasteiger partial charge is 0.409 e. The molecule has 4 atom stereocenters. The van der Waals surface area contributed by atoms with E-state index in [1.807, 2.05) is 51.1 Å². The summed E-state index contributed by atoms with van der Waals surface area (Å²) < 4.78 is 10.1. The number of anilines is 1. The quantitative estimate of drug-likeness (QED) is 0.275. The summed E-state index contributed by atoms with van der Waals surface area (Å²) in [6.45, 7) is 9.33. The SMILES string of the molecule is CCCCOC(=O)N1CCN(C(=O)[C@@H](NC(=O)c2cc(N3C[C@@H]4C(CCC(=O)OC)[C@@H]4C3)nc(-c3ccccc3)n2)C(C)C)CC1. The Kier molecular flexibility index (Phi) is 10.7. The Balaban J connectivity index is 1.26. The highest BCUT2D eigenvalue weighted by atomic mass is 16.6. The molecule has 248 valence electrons. The summed E-state index contributed by atoms with van der Waals surface area (Å²) in [5, 5.41) is 2.96. The van der Waals surface area contributed by atoms with Gasteiger partial charge in [0.1, 0.15) is 17.6 Å². The summed E-state index contributed by atoms with van der Waals surface area (Å²) in [6, 6.07) is 10.5. The highest BCUT2D eigenvalue weighted by Crippen LogP contribution is 2.54. The molecule has 1 aromatic heterocycles. The van der Waals surface area contributed by atoms with E-state index in [0.29, 0.717) is 68.6 Å². The Labute approximate surface area is 270 Å². The first kappa shape index (κ1) is 33.2. The number of unbranched alkanes of at least 4 members (excludes halogenated alkanes) is 1. The minimum atomic E-state index is -0.760. The number of hydrogen-bond acceptors (Lipinski definition) is 9. The van der Waals surface area contributed by atoms with Crippen molar-refractivity contribution >= 4 is 29.7 Å². The molecule has 1 unspecified atom stereocenters. The molecule has 12 heteroatoms. The van der Waals surface area contributed by atoms with Gasteiger partial charge in [0.15, 0.2) is 5.82 Å². The highest BCUT2D eigenvalue weighted by Gasteiger charge is 2.55. The first-order valence-electron chi connectivity index (χ1n) is 16.5. The number of rotatable bonds is 12. The normalized spacial score (nSPS) is 21.1. The molecule has 1 aromatic carbocycles. The number of ether oxygens (including phenoxy) is 2. The molecule has 1 aliphatic carbocycles. The van der Waals surface area contributed by atoms with E-state index in [9.17, 15) is 19.2 Å². The minimum absolute atomic E-state index is 0.170. The average Bonchev–Trinajstić information content (AvgIpc) is 3.52. The number of carbonyl (C=O) groups excluding carboxylic acids is 4. The van der Waals surface area contributed by atoms with E-state index in [0.717, 1.165) is 37.9 Å². The largest absolute Gasteiger partial charge is 0.469 e. The Hall–Kier alpha value is -4.22. The fraction of sp³-hybridized carbons (Fsp3) is 0.588. The molecule has 3 heterocycles. The van der Waals surface area contributed by atoms with Crippen LogP contribution in [0.2, 0.25) is 0 Å². The van der Waals surface area contributed by atoms with Crippen LogP contribution in [-0.2, 0) is 19.1 Å². The summed E-state index contributed by atoms with van der Waals surface area (Å²) in [5.41, 5.74) is 0.992. The molecule has 2 aromatic rings. The van der Waals surface area contributed by atoms with Gasteiger partial charge in [-0.05, 0) is 36.5 Å². The maximum absolute atomic E-state index is 13.8. The molecule has 0 spiro atoms. The summed E-state index contributed by atoms with van der Waals surface area (Å²) >= 11 is 0. The minimum Gasteiger partial charge on any atom is -0.469 e. The lowest BCUT2D eigenvalue weighted by molar-refractivity contribution is -0.140. The van der Waals surface area contributed by atoms with E-state index < -0.39 is 11.9 Å². The fourth-order valence-electron chi connectivity index (χ4n) is 6.51. The van der Waals surface area contributed by atoms with Gasteiger partial charge in [-0.3, -0.25) is 14.4 Å². The molecule has 46 heavy (non-hydrogen) atoms. The molecule has 2 saturated heterocycles. The van der Waals surface area contributed by atoms with E-state index in [1.54, 1.807) is 15.9 Å². The predicted molar refractivity (Wildman–Crippen MR) is 172 cm³/mol. The number of methoxy groups -OCH3 is 1. The van der Waals surface area contributed by atoms with E-state index in [-0.39, 0.29) is 29.6 Å². The molecule has 3 aliphatic rings. The zero-order valence-electron chi connectivity index (χ0n) is 27.3. The number of piperidine rings is 1. The monoisotopic (exact) mass is 634 g/mol. The van der Waals surface area contributed by atoms with Crippen LogP contribution in [0.25, 0.3) is 11.4 Å². The van der Waals surface area contributed by atoms with Gasteiger partial charge in [-0.1, -0.05) is 57.5 Å². The van der Waals surface area contributed by atoms with Crippen molar-refractivity contribution in [3.05, 3.63) is 42.1 Å². The standard InChI is InChI=1S/C34H46N6O6/c1-5-6-18-46-34(44)39-16-14-38(15-17-39)33(43)30(22(2)3)37-32(42)27-19-28(36-31(35-27)23-10-8-7-9-11-23)40-20-25-24(26(25)21-40)12-13-29(41)45-4/h7-11,19,22,24-26,30H,5-6,12-18,20-21H2,1-4H3,(H,37,42)/t24?,25-,26+,30-/m0/s1. The number of nitrogens with one attached hydrogen (secondary N) is 1. The first-order chi connectivity index (χ1) is 22.2. The number of carbonyl (C=O) groups is 4. The van der Waals surface area contributed by atoms with E-state index >= 15 is 0 Å². The first-order valence-corrected chi connectivity index (χ1v) is 16.5. The van der Waals surface area contributed by atoms with Crippen LogP contribution >= 0.6 is 0 Å². The Morgan fingerprint density at radius 2 is 1.65 bits per heavy atom. The summed E-state index contributed by atoms with van der Waals surface area (Å²) in [7, 11) is 1.42. The van der Waals surface area contributed by atoms with Crippen molar-refractivity contribution in [3.8, 4) is 11.4 Å². The van der Waals surface area contributed by atoms with Gasteiger partial charge < -0.3 is 29.5 Å². The van der Waals surface area contributed by atoms with Crippen molar-refractivity contribution in [3.63, 3.8) is 0 Å². The maximum atomic E-state index is 13.8. The number of piperazine rings is 1. The van der Waals surface area contributed by atoms with Crippen molar-refractivity contribution in [1.82, 2.24) is 25.1 Å². The lowest BCUT2D eigenvalue weighted by Crippen LogP contribution is -2.57. The Bertz CT molecular complexity index is 1380. The molecule has 1 N–H and O–H groups in total. The highest BCUT2D eigenvalue weighted by molar-refractivity contribution is 5.97. The fourth-order valence-corrected chi connectivity index (χ4v) is 6.51. The third-order valence-electron chi connectivity index (χ3n) is 9.37. The number of fused-ring (bicyclic) bond motifs is 1. The topological polar surface area (TPSA) is 134 Å². The zero-order chi connectivity index (χ0) is 32.8. The summed E-state index contributed by atoms with van der Waals surface area (Å²) in [4.78, 5) is 66.4. The molecule has 0 radical (unpaired) electrons. The number of hydrogen-bond donors (Lipinski definition) is 1. The lowest BCUT2D eigenvalue weighted by Gasteiger charge is -2.36. The van der Waals surface area contributed by atoms with Crippen LogP contribution in [0.3, 0.4) is 0 Å². The second-order valence-corrected chi connectivity index (χ2v) is 12.8. The van der Waals surface area contributed by atoms with Gasteiger partial charge in [0, 0.05) is 57.3 Å². The lowest BCUT2D eigenvalue weighted by atomic mass is 10.0. The molecule has 3 amide bonds. The van der Waals surface area contributed by atoms with E-state index in [4.69, 9.17) is 14.5 Å². The number of nitrogens with zero attached hydrogens (tertiary/aromatic N) is 5. The van der Waals surface area contributed by atoms with Crippen LogP contribution < -0.4 is 10.2 Å². The van der Waals surface area contributed by atoms with Crippen molar-refractivity contribution in [2.75, 3.05) is 57.9 Å². The van der Waals surface area contributed by atoms with Crippen LogP contribution in [0.1, 0.15) is 56.9 Å². The molecule has 2 aliphatic heterocycles. The molecular weight excluding hydrogens is 588 g/mol. The molecule has 1 saturated carbocycles. The van der Waals surface area contributed by atoms with Crippen LogP contribution in [0.15, 0.2) is 36.4 Å². The third kappa shape index (κ3) is 7.76. The van der Waals surface area contributed by atoms with Crippen LogP contribution in [-0.4, -0.2) is 103 Å². The van der Waals surface area contributed by atoms with Crippen molar-refractivity contribution in [1.29, 1.82) is 0 Å². The van der Waals surface area contributed by atoms with Crippen molar-refractivity contribution in [2.24, 2.45) is 23.7 Å². The average molecular weight is 635 g/mol. The molecule has 5 rings (SSSR count). The van der Waals surface area contributed by atoms with Crippen LogP contribution in [0.5, 0.6) is 0 Å². The Morgan fingerprint density at radius 1 is 0.978 bits per heavy atom. The number of aromatic nitrogens is 2. The van der Waals surface area contributed by atoms with Gasteiger partial charge in [-0.15, -0.1) is 0 Å². The zero-order valence-corrected chi connectivity index (χ0v) is 27.3. The van der Waals surface area contributed by atoms with Gasteiger partial charge in [-0.2, -0.15) is 0 Å².